The molecule has 1 heterocycles. The van der Waals surface area contributed by atoms with Gasteiger partial charge in [-0.05, 0) is 55.5 Å². The Morgan fingerprint density at radius 3 is 2.37 bits per heavy atom. The summed E-state index contributed by atoms with van der Waals surface area (Å²) < 4.78 is 29.0. The lowest BCUT2D eigenvalue weighted by atomic mass is 9.87. The Kier molecular flexibility index (Phi) is 6.70. The number of sulfonamides is 1. The average molecular weight is 499 g/mol. The summed E-state index contributed by atoms with van der Waals surface area (Å²) in [5.74, 6) is -0.329. The van der Waals surface area contributed by atoms with Gasteiger partial charge in [-0.25, -0.2) is 12.7 Å². The lowest BCUT2D eigenvalue weighted by Gasteiger charge is -2.33. The van der Waals surface area contributed by atoms with Gasteiger partial charge in [0.15, 0.2) is 0 Å². The number of benzene rings is 2. The number of fused-ring (bicyclic) bond motifs is 2. The summed E-state index contributed by atoms with van der Waals surface area (Å²) >= 11 is 0. The van der Waals surface area contributed by atoms with Gasteiger partial charge in [0.05, 0.1) is 22.0 Å². The van der Waals surface area contributed by atoms with E-state index in [0.29, 0.717) is 5.52 Å². The largest absolute Gasteiger partial charge is 0.337 e. The number of likely N-dealkylation sites (N-methyl/N-ethyl adjacent to an activating group) is 1. The summed E-state index contributed by atoms with van der Waals surface area (Å²) in [6.45, 7) is 1.60. The fraction of sp³-hybridized carbons (Fsp3) is 0.400. The molecule has 1 aliphatic carbocycles. The van der Waals surface area contributed by atoms with E-state index in [9.17, 15) is 22.8 Å². The molecule has 2 aromatic carbocycles. The molecule has 1 atom stereocenters. The first-order valence-corrected chi connectivity index (χ1v) is 13.0. The molecule has 186 valence electrons. The van der Waals surface area contributed by atoms with Gasteiger partial charge in [-0.2, -0.15) is 0 Å². The number of carbonyl (C=O) groups excluding carboxylic acids is 1. The van der Waals surface area contributed by atoms with Gasteiger partial charge >= 0.3 is 11.1 Å². The Morgan fingerprint density at radius 2 is 1.69 bits per heavy atom. The van der Waals surface area contributed by atoms with Crippen LogP contribution in [0.5, 0.6) is 0 Å². The Balaban J connectivity index is 1.81. The van der Waals surface area contributed by atoms with Crippen LogP contribution in [0.3, 0.4) is 0 Å². The van der Waals surface area contributed by atoms with Crippen LogP contribution in [0.4, 0.5) is 0 Å². The second kappa shape index (κ2) is 9.43. The molecule has 3 aromatic rings. The molecule has 1 aliphatic rings. The molecule has 0 unspecified atom stereocenters. The molecule has 9 nitrogen and oxygen atoms in total. The second-order valence-electron chi connectivity index (χ2n) is 8.99. The maximum atomic E-state index is 13.4. The van der Waals surface area contributed by atoms with Gasteiger partial charge < -0.3 is 9.47 Å². The van der Waals surface area contributed by atoms with Crippen LogP contribution >= 0.6 is 0 Å². The SMILES string of the molecule is CCn1c(=O)c(=O)n(CC(=O)N(C)[C@H]2CCCc3ccccc32)c2cc(S(=O)(=O)N(C)C)ccc21. The van der Waals surface area contributed by atoms with Gasteiger partial charge in [-0.1, -0.05) is 24.3 Å². The normalized spacial score (nSPS) is 15.9. The molecule has 0 saturated carbocycles. The second-order valence-corrected chi connectivity index (χ2v) is 11.1. The number of rotatable bonds is 6. The van der Waals surface area contributed by atoms with E-state index in [2.05, 4.69) is 6.07 Å². The molecule has 0 fully saturated rings. The smallest absolute Gasteiger partial charge is 0.317 e. The van der Waals surface area contributed by atoms with Crippen molar-refractivity contribution in [2.24, 2.45) is 0 Å². The Bertz CT molecular complexity index is 1520. The molecule has 0 bridgehead atoms. The summed E-state index contributed by atoms with van der Waals surface area (Å²) in [4.78, 5) is 40.9. The van der Waals surface area contributed by atoms with Crippen LogP contribution in [-0.2, 0) is 34.3 Å². The lowest BCUT2D eigenvalue weighted by molar-refractivity contribution is -0.133. The van der Waals surface area contributed by atoms with Gasteiger partial charge in [-0.15, -0.1) is 0 Å². The van der Waals surface area contributed by atoms with Crippen LogP contribution in [0.25, 0.3) is 11.0 Å². The number of nitrogens with zero attached hydrogens (tertiary/aromatic N) is 4. The molecule has 0 radical (unpaired) electrons. The van der Waals surface area contributed by atoms with Crippen molar-refractivity contribution in [3.05, 3.63) is 74.3 Å². The number of hydrogen-bond acceptors (Lipinski definition) is 5. The highest BCUT2D eigenvalue weighted by atomic mass is 32.2. The zero-order valence-electron chi connectivity index (χ0n) is 20.4. The molecule has 35 heavy (non-hydrogen) atoms. The van der Waals surface area contributed by atoms with Crippen molar-refractivity contribution in [3.63, 3.8) is 0 Å². The Labute approximate surface area is 204 Å². The highest BCUT2D eigenvalue weighted by Gasteiger charge is 2.28. The summed E-state index contributed by atoms with van der Waals surface area (Å²) in [6.07, 6.45) is 2.70. The summed E-state index contributed by atoms with van der Waals surface area (Å²) in [5.41, 5.74) is 1.31. The van der Waals surface area contributed by atoms with E-state index in [1.54, 1.807) is 18.9 Å². The van der Waals surface area contributed by atoms with Crippen LogP contribution in [-0.4, -0.2) is 53.8 Å². The minimum absolute atomic E-state index is 0.0218. The third-order valence-corrected chi connectivity index (χ3v) is 8.60. The van der Waals surface area contributed by atoms with Crippen LogP contribution < -0.4 is 11.1 Å². The van der Waals surface area contributed by atoms with Crippen LogP contribution in [0.15, 0.2) is 56.9 Å². The van der Waals surface area contributed by atoms with E-state index in [0.717, 1.165) is 33.7 Å². The maximum absolute atomic E-state index is 13.4. The van der Waals surface area contributed by atoms with E-state index in [1.165, 1.54) is 42.4 Å². The van der Waals surface area contributed by atoms with Gasteiger partial charge in [0.1, 0.15) is 6.54 Å². The zero-order valence-corrected chi connectivity index (χ0v) is 21.2. The standard InChI is InChI=1S/C25H30N4O5S/c1-5-28-21-14-13-18(35(33,34)26(2)3)15-22(21)29(25(32)24(28)31)16-23(30)27(4)20-12-8-10-17-9-6-7-11-19(17)20/h6-7,9,11,13-15,20H,5,8,10,12,16H2,1-4H3/t20-/m0/s1. The quantitative estimate of drug-likeness (QED) is 0.484. The number of hydrogen-bond donors (Lipinski definition) is 0. The fourth-order valence-electron chi connectivity index (χ4n) is 4.79. The molecule has 0 spiro atoms. The molecule has 0 saturated heterocycles. The van der Waals surface area contributed by atoms with Gasteiger partial charge in [0.2, 0.25) is 15.9 Å². The van der Waals surface area contributed by atoms with Gasteiger partial charge in [0.25, 0.3) is 0 Å². The first-order chi connectivity index (χ1) is 16.6. The molecular formula is C25H30N4O5S. The van der Waals surface area contributed by atoms with Crippen molar-refractivity contribution in [2.75, 3.05) is 21.1 Å². The third-order valence-electron chi connectivity index (χ3n) is 6.79. The molecule has 0 N–H and O–H groups in total. The predicted molar refractivity (Wildman–Crippen MR) is 134 cm³/mol. The monoisotopic (exact) mass is 498 g/mol. The topological polar surface area (TPSA) is 102 Å². The van der Waals surface area contributed by atoms with Gasteiger partial charge in [-0.3, -0.25) is 19.0 Å². The summed E-state index contributed by atoms with van der Waals surface area (Å²) in [7, 11) is 0.752. The molecule has 0 aliphatic heterocycles. The minimum Gasteiger partial charge on any atom is -0.337 e. The molecule has 10 heteroatoms. The van der Waals surface area contributed by atoms with E-state index >= 15 is 0 Å². The highest BCUT2D eigenvalue weighted by Crippen LogP contribution is 2.33. The number of aryl methyl sites for hydroxylation is 2. The zero-order chi connectivity index (χ0) is 25.5. The third kappa shape index (κ3) is 4.32. The molecular weight excluding hydrogens is 468 g/mol. The minimum atomic E-state index is -3.79. The summed E-state index contributed by atoms with van der Waals surface area (Å²) in [5, 5.41) is 0. The van der Waals surface area contributed by atoms with E-state index in [4.69, 9.17) is 0 Å². The van der Waals surface area contributed by atoms with Crippen LogP contribution in [0, 0.1) is 0 Å². The number of carbonyl (C=O) groups is 1. The maximum Gasteiger partial charge on any atom is 0.317 e. The fourth-order valence-corrected chi connectivity index (χ4v) is 5.71. The number of aromatic nitrogens is 2. The molecule has 1 amide bonds. The van der Waals surface area contributed by atoms with Crippen LogP contribution in [0.1, 0.15) is 36.9 Å². The Hall–Kier alpha value is -3.24. The van der Waals surface area contributed by atoms with Crippen LogP contribution in [0.2, 0.25) is 0 Å². The molecule has 4 rings (SSSR count). The Morgan fingerprint density at radius 1 is 1.00 bits per heavy atom. The van der Waals surface area contributed by atoms with E-state index < -0.39 is 21.1 Å². The first kappa shape index (κ1) is 24.9. The van der Waals surface area contributed by atoms with Crippen molar-refractivity contribution < 1.29 is 13.2 Å². The van der Waals surface area contributed by atoms with Gasteiger partial charge in [0, 0.05) is 27.7 Å². The lowest BCUT2D eigenvalue weighted by Crippen LogP contribution is -2.44. The van der Waals surface area contributed by atoms with Crippen molar-refractivity contribution in [2.45, 2.75) is 50.2 Å². The van der Waals surface area contributed by atoms with Crippen molar-refractivity contribution in [1.82, 2.24) is 18.3 Å². The summed E-state index contributed by atoms with van der Waals surface area (Å²) in [6, 6.07) is 12.2. The van der Waals surface area contributed by atoms with E-state index in [-0.39, 0.29) is 35.5 Å². The van der Waals surface area contributed by atoms with Crippen molar-refractivity contribution in [3.8, 4) is 0 Å². The van der Waals surface area contributed by atoms with Crippen molar-refractivity contribution in [1.29, 1.82) is 0 Å². The highest BCUT2D eigenvalue weighted by molar-refractivity contribution is 7.89. The predicted octanol–water partition coefficient (Wildman–Crippen LogP) is 1.97. The average Bonchev–Trinajstić information content (AvgIpc) is 2.85. The molecule has 1 aromatic heterocycles. The van der Waals surface area contributed by atoms with E-state index in [1.807, 2.05) is 18.2 Å². The van der Waals surface area contributed by atoms with Crippen molar-refractivity contribution >= 4 is 27.0 Å². The number of amides is 1. The first-order valence-electron chi connectivity index (χ1n) is 11.6.